The lowest BCUT2D eigenvalue weighted by atomic mass is 9.92. The molecule has 2 aromatic carbocycles. The number of imide groups is 1. The van der Waals surface area contributed by atoms with Crippen LogP contribution in [0.25, 0.3) is 0 Å². The maximum atomic E-state index is 13.0. The molecule has 6 nitrogen and oxygen atoms in total. The van der Waals surface area contributed by atoms with Crippen LogP contribution in [0.4, 0.5) is 4.79 Å². The molecule has 1 heterocycles. The van der Waals surface area contributed by atoms with E-state index in [0.717, 1.165) is 16.9 Å². The van der Waals surface area contributed by atoms with Gasteiger partial charge in [-0.25, -0.2) is 4.79 Å². The molecule has 1 saturated heterocycles. The molecule has 32 heavy (non-hydrogen) atoms. The lowest BCUT2D eigenvalue weighted by Crippen LogP contribution is -2.43. The van der Waals surface area contributed by atoms with Crippen LogP contribution in [0.3, 0.4) is 0 Å². The molecule has 2 unspecified atom stereocenters. The molecule has 2 aromatic rings. The van der Waals surface area contributed by atoms with Crippen LogP contribution in [-0.2, 0) is 21.5 Å². The van der Waals surface area contributed by atoms with Gasteiger partial charge in [-0.1, -0.05) is 67.4 Å². The third kappa shape index (κ3) is 5.08. The molecule has 1 aliphatic rings. The molecule has 0 aliphatic carbocycles. The minimum Gasteiger partial charge on any atom is -0.348 e. The summed E-state index contributed by atoms with van der Waals surface area (Å²) in [5.74, 6) is -0.385. The molecule has 0 radical (unpaired) electrons. The molecular formula is C24H27Cl2N3O3. The van der Waals surface area contributed by atoms with Crippen LogP contribution in [0.1, 0.15) is 50.4 Å². The fraction of sp³-hybridized carbons (Fsp3) is 0.375. The number of carbonyl (C=O) groups is 3. The van der Waals surface area contributed by atoms with Crippen molar-refractivity contribution in [2.24, 2.45) is 5.92 Å². The fourth-order valence-corrected chi connectivity index (χ4v) is 4.07. The van der Waals surface area contributed by atoms with E-state index in [1.165, 1.54) is 11.6 Å². The van der Waals surface area contributed by atoms with Gasteiger partial charge < -0.3 is 10.6 Å². The van der Waals surface area contributed by atoms with E-state index in [4.69, 9.17) is 23.2 Å². The first kappa shape index (κ1) is 24.1. The van der Waals surface area contributed by atoms with Crippen LogP contribution in [-0.4, -0.2) is 29.3 Å². The molecule has 8 heteroatoms. The lowest BCUT2D eigenvalue weighted by molar-refractivity contribution is -0.135. The Kier molecular flexibility index (Phi) is 7.16. The number of rotatable bonds is 7. The first-order chi connectivity index (χ1) is 15.0. The first-order valence-electron chi connectivity index (χ1n) is 10.5. The van der Waals surface area contributed by atoms with Gasteiger partial charge in [0.05, 0.1) is 16.1 Å². The number of benzene rings is 2. The molecule has 3 rings (SSSR count). The van der Waals surface area contributed by atoms with Crippen molar-refractivity contribution in [1.29, 1.82) is 0 Å². The second-order valence-corrected chi connectivity index (χ2v) is 9.52. The quantitative estimate of drug-likeness (QED) is 0.562. The highest BCUT2D eigenvalue weighted by Gasteiger charge is 2.49. The zero-order valence-corrected chi connectivity index (χ0v) is 20.1. The molecule has 0 bridgehead atoms. The van der Waals surface area contributed by atoms with Crippen molar-refractivity contribution in [1.82, 2.24) is 15.5 Å². The highest BCUT2D eigenvalue weighted by atomic mass is 35.5. The standard InChI is InChI=1S/C24H27Cl2N3O3/c1-14(2)11-16-5-7-17(8-6-16)15(3)27-21(30)13-29-22(31)24(4,28-23(29)32)18-9-10-19(25)20(26)12-18/h5-10,12,14-15H,11,13H2,1-4H3,(H,27,30)(H,28,32). The van der Waals surface area contributed by atoms with Gasteiger partial charge in [0.25, 0.3) is 5.91 Å². The van der Waals surface area contributed by atoms with Gasteiger partial charge in [0, 0.05) is 0 Å². The summed E-state index contributed by atoms with van der Waals surface area (Å²) in [4.78, 5) is 39.1. The Morgan fingerprint density at radius 1 is 1.06 bits per heavy atom. The third-order valence-electron chi connectivity index (χ3n) is 5.57. The average Bonchev–Trinajstić information content (AvgIpc) is 2.94. The molecule has 0 spiro atoms. The van der Waals surface area contributed by atoms with Crippen molar-refractivity contribution in [2.45, 2.75) is 45.7 Å². The van der Waals surface area contributed by atoms with Gasteiger partial charge >= 0.3 is 6.03 Å². The van der Waals surface area contributed by atoms with Gasteiger partial charge in [0.1, 0.15) is 12.1 Å². The normalized spacial score (nSPS) is 19.3. The van der Waals surface area contributed by atoms with Crippen LogP contribution in [0.2, 0.25) is 10.0 Å². The largest absolute Gasteiger partial charge is 0.348 e. The van der Waals surface area contributed by atoms with Crippen molar-refractivity contribution < 1.29 is 14.4 Å². The van der Waals surface area contributed by atoms with Gasteiger partial charge in [-0.15, -0.1) is 0 Å². The van der Waals surface area contributed by atoms with E-state index in [1.54, 1.807) is 19.1 Å². The first-order valence-corrected chi connectivity index (χ1v) is 11.2. The van der Waals surface area contributed by atoms with E-state index in [1.807, 2.05) is 19.1 Å². The number of hydrogen-bond acceptors (Lipinski definition) is 3. The Bertz CT molecular complexity index is 1040. The number of carbonyl (C=O) groups excluding carboxylic acids is 3. The van der Waals surface area contributed by atoms with E-state index < -0.39 is 23.4 Å². The Balaban J connectivity index is 1.66. The van der Waals surface area contributed by atoms with E-state index in [-0.39, 0.29) is 17.6 Å². The van der Waals surface area contributed by atoms with E-state index >= 15 is 0 Å². The van der Waals surface area contributed by atoms with Gasteiger partial charge in [-0.2, -0.15) is 0 Å². The molecule has 1 aliphatic heterocycles. The van der Waals surface area contributed by atoms with Crippen molar-refractivity contribution in [3.8, 4) is 0 Å². The molecule has 2 N–H and O–H groups in total. The lowest BCUT2D eigenvalue weighted by Gasteiger charge is -2.23. The number of amides is 4. The summed E-state index contributed by atoms with van der Waals surface area (Å²) < 4.78 is 0. The maximum Gasteiger partial charge on any atom is 0.325 e. The Morgan fingerprint density at radius 3 is 2.31 bits per heavy atom. The molecule has 4 amide bonds. The molecule has 0 aromatic heterocycles. The summed E-state index contributed by atoms with van der Waals surface area (Å²) in [6, 6.07) is 11.9. The van der Waals surface area contributed by atoms with Crippen LogP contribution in [0, 0.1) is 5.92 Å². The SMILES string of the molecule is CC(C)Cc1ccc(C(C)NC(=O)CN2C(=O)NC(C)(c3ccc(Cl)c(Cl)c3)C2=O)cc1. The van der Waals surface area contributed by atoms with E-state index in [2.05, 4.69) is 36.6 Å². The topological polar surface area (TPSA) is 78.5 Å². The number of halogens is 2. The second kappa shape index (κ2) is 9.51. The minimum atomic E-state index is -1.33. The van der Waals surface area contributed by atoms with Crippen molar-refractivity contribution in [2.75, 3.05) is 6.54 Å². The van der Waals surface area contributed by atoms with Gasteiger partial charge in [0.2, 0.25) is 5.91 Å². The predicted octanol–water partition coefficient (Wildman–Crippen LogP) is 4.84. The van der Waals surface area contributed by atoms with Gasteiger partial charge in [-0.3, -0.25) is 14.5 Å². The molecule has 2 atom stereocenters. The zero-order chi connectivity index (χ0) is 23.6. The monoisotopic (exact) mass is 475 g/mol. The summed E-state index contributed by atoms with van der Waals surface area (Å²) >= 11 is 12.0. The van der Waals surface area contributed by atoms with Gasteiger partial charge in [-0.05, 0) is 55.0 Å². The fourth-order valence-electron chi connectivity index (χ4n) is 3.77. The van der Waals surface area contributed by atoms with Crippen molar-refractivity contribution in [3.63, 3.8) is 0 Å². The van der Waals surface area contributed by atoms with E-state index in [0.29, 0.717) is 16.5 Å². The number of hydrogen-bond donors (Lipinski definition) is 2. The second-order valence-electron chi connectivity index (χ2n) is 8.70. The smallest absolute Gasteiger partial charge is 0.325 e. The predicted molar refractivity (Wildman–Crippen MR) is 126 cm³/mol. The maximum absolute atomic E-state index is 13.0. The number of nitrogens with one attached hydrogen (secondary N) is 2. The summed E-state index contributed by atoms with van der Waals surface area (Å²) in [5, 5.41) is 6.14. The van der Waals surface area contributed by atoms with Crippen LogP contribution >= 0.6 is 23.2 Å². The summed E-state index contributed by atoms with van der Waals surface area (Å²) in [5.41, 5.74) is 1.35. The number of urea groups is 1. The van der Waals surface area contributed by atoms with Crippen molar-refractivity contribution in [3.05, 3.63) is 69.2 Å². The Labute approximate surface area is 198 Å². The highest BCUT2D eigenvalue weighted by molar-refractivity contribution is 6.42. The summed E-state index contributed by atoms with van der Waals surface area (Å²) in [7, 11) is 0. The minimum absolute atomic E-state index is 0.266. The molecule has 0 saturated carbocycles. The van der Waals surface area contributed by atoms with E-state index in [9.17, 15) is 14.4 Å². The molecular weight excluding hydrogens is 449 g/mol. The molecule has 170 valence electrons. The van der Waals surface area contributed by atoms with Crippen molar-refractivity contribution >= 4 is 41.0 Å². The third-order valence-corrected chi connectivity index (χ3v) is 6.31. The Morgan fingerprint density at radius 2 is 1.72 bits per heavy atom. The number of nitrogens with zero attached hydrogens (tertiary/aromatic N) is 1. The summed E-state index contributed by atoms with van der Waals surface area (Å²) in [6.07, 6.45) is 0.991. The molecule has 1 fully saturated rings. The summed E-state index contributed by atoms with van der Waals surface area (Å²) in [6.45, 7) is 7.39. The Hall–Kier alpha value is -2.57. The van der Waals surface area contributed by atoms with Crippen LogP contribution in [0.15, 0.2) is 42.5 Å². The average molecular weight is 476 g/mol. The van der Waals surface area contributed by atoms with Gasteiger partial charge in [0.15, 0.2) is 0 Å². The zero-order valence-electron chi connectivity index (χ0n) is 18.5. The van der Waals surface area contributed by atoms with Crippen LogP contribution < -0.4 is 10.6 Å². The highest BCUT2D eigenvalue weighted by Crippen LogP contribution is 2.33. The van der Waals surface area contributed by atoms with Crippen LogP contribution in [0.5, 0.6) is 0 Å².